The molecule has 0 unspecified atom stereocenters. The summed E-state index contributed by atoms with van der Waals surface area (Å²) < 4.78 is 6.87. The third kappa shape index (κ3) is 1.15. The van der Waals surface area contributed by atoms with Crippen molar-refractivity contribution in [2.24, 2.45) is 0 Å². The Morgan fingerprint density at radius 1 is 1.27 bits per heavy atom. The molecule has 6 heteroatoms. The molecule has 15 heavy (non-hydrogen) atoms. The molecule has 0 bridgehead atoms. The molecule has 3 aromatic rings. The average molecular weight is 201 g/mol. The van der Waals surface area contributed by atoms with Crippen LogP contribution < -0.4 is 5.73 Å². The summed E-state index contributed by atoms with van der Waals surface area (Å²) in [6.07, 6.45) is 3.51. The molecule has 0 amide bonds. The number of rotatable bonds is 1. The van der Waals surface area contributed by atoms with Crippen molar-refractivity contribution < 1.29 is 4.42 Å². The van der Waals surface area contributed by atoms with E-state index in [1.54, 1.807) is 10.7 Å². The van der Waals surface area contributed by atoms with E-state index in [0.717, 1.165) is 11.1 Å². The van der Waals surface area contributed by atoms with E-state index in [2.05, 4.69) is 15.3 Å². The Balaban J connectivity index is 2.27. The maximum atomic E-state index is 5.36. The molecule has 2 N–H and O–H groups in total. The summed E-state index contributed by atoms with van der Waals surface area (Å²) >= 11 is 0. The van der Waals surface area contributed by atoms with Crippen LogP contribution in [-0.4, -0.2) is 19.8 Å². The highest BCUT2D eigenvalue weighted by Crippen LogP contribution is 2.23. The molecule has 6 nitrogen and oxygen atoms in total. The van der Waals surface area contributed by atoms with E-state index in [-0.39, 0.29) is 6.01 Å². The lowest BCUT2D eigenvalue weighted by Crippen LogP contribution is -1.83. The number of nitrogen functional groups attached to an aromatic ring is 1. The third-order valence-electron chi connectivity index (χ3n) is 2.10. The van der Waals surface area contributed by atoms with Crippen LogP contribution in [0.4, 0.5) is 6.01 Å². The second-order valence-corrected chi connectivity index (χ2v) is 3.03. The van der Waals surface area contributed by atoms with Crippen molar-refractivity contribution in [3.05, 3.63) is 30.6 Å². The van der Waals surface area contributed by atoms with Gasteiger partial charge in [0.15, 0.2) is 0 Å². The fourth-order valence-corrected chi connectivity index (χ4v) is 1.44. The lowest BCUT2D eigenvalue weighted by atomic mass is 10.2. The van der Waals surface area contributed by atoms with Gasteiger partial charge in [0.1, 0.15) is 0 Å². The minimum Gasteiger partial charge on any atom is -0.403 e. The van der Waals surface area contributed by atoms with Crippen molar-refractivity contribution in [3.63, 3.8) is 0 Å². The standard InChI is InChI=1S/C9H7N5O/c10-9-13-12-8(15-9)6-5-11-14-4-2-1-3-7(6)14/h1-5H,(H2,10,13). The molecule has 0 atom stereocenters. The van der Waals surface area contributed by atoms with E-state index in [0.29, 0.717) is 5.89 Å². The average Bonchev–Trinajstić information content (AvgIpc) is 2.83. The van der Waals surface area contributed by atoms with Crippen LogP contribution in [0.2, 0.25) is 0 Å². The van der Waals surface area contributed by atoms with Gasteiger partial charge < -0.3 is 10.2 Å². The molecule has 0 spiro atoms. The van der Waals surface area contributed by atoms with Crippen LogP contribution in [-0.2, 0) is 0 Å². The van der Waals surface area contributed by atoms with Crippen molar-refractivity contribution in [3.8, 4) is 11.5 Å². The predicted molar refractivity (Wildman–Crippen MR) is 52.9 cm³/mol. The van der Waals surface area contributed by atoms with E-state index >= 15 is 0 Å². The maximum absolute atomic E-state index is 5.36. The fraction of sp³-hybridized carbons (Fsp3) is 0. The van der Waals surface area contributed by atoms with E-state index < -0.39 is 0 Å². The third-order valence-corrected chi connectivity index (χ3v) is 2.10. The van der Waals surface area contributed by atoms with Crippen molar-refractivity contribution in [1.82, 2.24) is 19.8 Å². The summed E-state index contributed by atoms with van der Waals surface area (Å²) in [7, 11) is 0. The smallest absolute Gasteiger partial charge is 0.313 e. The zero-order valence-corrected chi connectivity index (χ0v) is 7.66. The molecule has 0 aromatic carbocycles. The lowest BCUT2D eigenvalue weighted by Gasteiger charge is -1.92. The highest BCUT2D eigenvalue weighted by molar-refractivity contribution is 5.74. The molecule has 3 aromatic heterocycles. The van der Waals surface area contributed by atoms with Gasteiger partial charge in [-0.1, -0.05) is 11.2 Å². The summed E-state index contributed by atoms with van der Waals surface area (Å²) in [6.45, 7) is 0. The van der Waals surface area contributed by atoms with Crippen LogP contribution in [0.1, 0.15) is 0 Å². The predicted octanol–water partition coefficient (Wildman–Crippen LogP) is 0.966. The van der Waals surface area contributed by atoms with Crippen molar-refractivity contribution >= 4 is 11.5 Å². The zero-order chi connectivity index (χ0) is 10.3. The minimum absolute atomic E-state index is 0.0558. The summed E-state index contributed by atoms with van der Waals surface area (Å²) in [5, 5.41) is 11.6. The first-order valence-electron chi connectivity index (χ1n) is 4.36. The van der Waals surface area contributed by atoms with Crippen LogP contribution >= 0.6 is 0 Å². The number of anilines is 1. The summed E-state index contributed by atoms with van der Waals surface area (Å²) in [5.74, 6) is 0.383. The highest BCUT2D eigenvalue weighted by atomic mass is 16.4. The van der Waals surface area contributed by atoms with Crippen LogP contribution in [0, 0.1) is 0 Å². The first-order chi connectivity index (χ1) is 7.34. The van der Waals surface area contributed by atoms with E-state index in [1.807, 2.05) is 24.4 Å². The first-order valence-corrected chi connectivity index (χ1v) is 4.36. The molecule has 0 aliphatic heterocycles. The van der Waals surface area contributed by atoms with Crippen LogP contribution in [0.15, 0.2) is 35.0 Å². The Morgan fingerprint density at radius 3 is 3.00 bits per heavy atom. The Labute approximate surface area is 84.3 Å². The topological polar surface area (TPSA) is 82.2 Å². The molecule has 0 aliphatic carbocycles. The van der Waals surface area contributed by atoms with Crippen molar-refractivity contribution in [2.75, 3.05) is 5.73 Å². The quantitative estimate of drug-likeness (QED) is 0.634. The molecule has 3 heterocycles. The molecule has 3 rings (SSSR count). The van der Waals surface area contributed by atoms with Gasteiger partial charge in [-0.25, -0.2) is 4.52 Å². The maximum Gasteiger partial charge on any atom is 0.313 e. The SMILES string of the molecule is Nc1nnc(-c2cnn3ccccc23)o1. The molecule has 0 fully saturated rings. The van der Waals surface area contributed by atoms with Crippen LogP contribution in [0.25, 0.3) is 17.0 Å². The largest absolute Gasteiger partial charge is 0.403 e. The monoisotopic (exact) mass is 201 g/mol. The van der Waals surface area contributed by atoms with E-state index in [9.17, 15) is 0 Å². The van der Waals surface area contributed by atoms with Gasteiger partial charge in [-0.05, 0) is 12.1 Å². The zero-order valence-electron chi connectivity index (χ0n) is 7.66. The molecule has 0 radical (unpaired) electrons. The van der Waals surface area contributed by atoms with Crippen molar-refractivity contribution in [1.29, 1.82) is 0 Å². The van der Waals surface area contributed by atoms with Crippen molar-refractivity contribution in [2.45, 2.75) is 0 Å². The number of aromatic nitrogens is 4. The number of pyridine rings is 1. The normalized spacial score (nSPS) is 10.9. The van der Waals surface area contributed by atoms with Gasteiger partial charge in [-0.15, -0.1) is 5.10 Å². The number of nitrogens with two attached hydrogens (primary N) is 1. The Kier molecular flexibility index (Phi) is 1.49. The second-order valence-electron chi connectivity index (χ2n) is 3.03. The van der Waals surface area contributed by atoms with E-state index in [4.69, 9.17) is 10.2 Å². The number of nitrogens with zero attached hydrogens (tertiary/aromatic N) is 4. The molecular formula is C9H7N5O. The second kappa shape index (κ2) is 2.81. The highest BCUT2D eigenvalue weighted by Gasteiger charge is 2.11. The summed E-state index contributed by atoms with van der Waals surface area (Å²) in [6, 6.07) is 5.79. The van der Waals surface area contributed by atoms with Gasteiger partial charge in [-0.2, -0.15) is 5.10 Å². The van der Waals surface area contributed by atoms with Gasteiger partial charge in [0.25, 0.3) is 5.89 Å². The van der Waals surface area contributed by atoms with Gasteiger partial charge in [-0.3, -0.25) is 0 Å². The Bertz CT molecular complexity index is 612. The molecule has 0 saturated carbocycles. The lowest BCUT2D eigenvalue weighted by molar-refractivity contribution is 0.591. The summed E-state index contributed by atoms with van der Waals surface area (Å²) in [4.78, 5) is 0. The fourth-order valence-electron chi connectivity index (χ4n) is 1.44. The van der Waals surface area contributed by atoms with Gasteiger partial charge in [0.2, 0.25) is 0 Å². The molecule has 0 aliphatic rings. The van der Waals surface area contributed by atoms with Crippen LogP contribution in [0.3, 0.4) is 0 Å². The molecule has 74 valence electrons. The Morgan fingerprint density at radius 2 is 2.20 bits per heavy atom. The summed E-state index contributed by atoms with van der Waals surface area (Å²) in [5.41, 5.74) is 7.04. The number of fused-ring (bicyclic) bond motifs is 1. The molecular weight excluding hydrogens is 194 g/mol. The van der Waals surface area contributed by atoms with Gasteiger partial charge in [0.05, 0.1) is 17.3 Å². The van der Waals surface area contributed by atoms with Gasteiger partial charge >= 0.3 is 6.01 Å². The number of hydrogen-bond acceptors (Lipinski definition) is 5. The molecule has 0 saturated heterocycles. The minimum atomic E-state index is 0.0558. The van der Waals surface area contributed by atoms with E-state index in [1.165, 1.54) is 0 Å². The Hall–Kier alpha value is -2.37. The van der Waals surface area contributed by atoms with Gasteiger partial charge in [0, 0.05) is 6.20 Å². The van der Waals surface area contributed by atoms with Crippen LogP contribution in [0.5, 0.6) is 0 Å². The number of hydrogen-bond donors (Lipinski definition) is 1. The first kappa shape index (κ1) is 7.98.